The van der Waals surface area contributed by atoms with Gasteiger partial charge in [-0.2, -0.15) is 0 Å². The Morgan fingerprint density at radius 3 is 3.19 bits per heavy atom. The van der Waals surface area contributed by atoms with Crippen molar-refractivity contribution in [2.75, 3.05) is 31.2 Å². The lowest BCUT2D eigenvalue weighted by molar-refractivity contribution is -0.124. The number of amides is 1. The zero-order valence-corrected chi connectivity index (χ0v) is 12.6. The van der Waals surface area contributed by atoms with Crippen molar-refractivity contribution in [2.24, 2.45) is 0 Å². The van der Waals surface area contributed by atoms with Gasteiger partial charge in [-0.05, 0) is 19.4 Å². The van der Waals surface area contributed by atoms with Crippen molar-refractivity contribution < 1.29 is 14.6 Å². The summed E-state index contributed by atoms with van der Waals surface area (Å²) in [5.74, 6) is 0.603. The third-order valence-corrected chi connectivity index (χ3v) is 3.52. The Kier molecular flexibility index (Phi) is 5.52. The van der Waals surface area contributed by atoms with Crippen molar-refractivity contribution in [3.8, 4) is 0 Å². The summed E-state index contributed by atoms with van der Waals surface area (Å²) in [6, 6.07) is 3.22. The molecule has 1 amide bonds. The third kappa shape index (κ3) is 3.71. The molecule has 0 bridgehead atoms. The quantitative estimate of drug-likeness (QED) is 0.842. The molecule has 1 aliphatic rings. The molecule has 2 rings (SSSR count). The van der Waals surface area contributed by atoms with Gasteiger partial charge in [-0.1, -0.05) is 13.0 Å². The van der Waals surface area contributed by atoms with E-state index in [9.17, 15) is 9.90 Å². The minimum Gasteiger partial charge on any atom is -0.389 e. The Morgan fingerprint density at radius 2 is 2.48 bits per heavy atom. The highest BCUT2D eigenvalue weighted by Crippen LogP contribution is 2.26. The largest absolute Gasteiger partial charge is 0.389 e. The summed E-state index contributed by atoms with van der Waals surface area (Å²) in [7, 11) is 0. The Morgan fingerprint density at radius 1 is 1.67 bits per heavy atom. The molecule has 1 fully saturated rings. The fourth-order valence-electron chi connectivity index (χ4n) is 2.42. The molecule has 1 aromatic rings. The van der Waals surface area contributed by atoms with Crippen LogP contribution >= 0.6 is 0 Å². The van der Waals surface area contributed by atoms with Gasteiger partial charge in [-0.15, -0.1) is 0 Å². The smallest absolute Gasteiger partial charge is 0.245 e. The molecule has 1 saturated heterocycles. The average Bonchev–Trinajstić information content (AvgIpc) is 2.52. The van der Waals surface area contributed by atoms with Gasteiger partial charge in [0.1, 0.15) is 11.9 Å². The van der Waals surface area contributed by atoms with Crippen LogP contribution in [-0.4, -0.2) is 48.3 Å². The Labute approximate surface area is 125 Å². The molecule has 0 spiro atoms. The van der Waals surface area contributed by atoms with Crippen LogP contribution in [0.1, 0.15) is 31.9 Å². The molecule has 21 heavy (non-hydrogen) atoms. The summed E-state index contributed by atoms with van der Waals surface area (Å²) in [5.41, 5.74) is 0.729. The first kappa shape index (κ1) is 15.7. The number of hydrogen-bond acceptors (Lipinski definition) is 5. The molecular formula is C15H23N3O3. The fourth-order valence-corrected chi connectivity index (χ4v) is 2.42. The predicted molar refractivity (Wildman–Crippen MR) is 80.1 cm³/mol. The third-order valence-electron chi connectivity index (χ3n) is 3.52. The SMILES string of the molecule is CCCNC(=O)C1COCCN1c1ncccc1[C@H](C)O. The second kappa shape index (κ2) is 7.38. The van der Waals surface area contributed by atoms with Crippen LogP contribution in [0.2, 0.25) is 0 Å². The molecule has 2 N–H and O–H groups in total. The van der Waals surface area contributed by atoms with Gasteiger partial charge in [0.2, 0.25) is 5.91 Å². The van der Waals surface area contributed by atoms with Crippen molar-refractivity contribution in [3.63, 3.8) is 0 Å². The first-order valence-corrected chi connectivity index (χ1v) is 7.40. The Balaban J connectivity index is 2.24. The summed E-state index contributed by atoms with van der Waals surface area (Å²) in [6.45, 7) is 5.83. The highest BCUT2D eigenvalue weighted by Gasteiger charge is 2.31. The maximum atomic E-state index is 12.3. The molecule has 2 heterocycles. The second-order valence-electron chi connectivity index (χ2n) is 5.17. The Bertz CT molecular complexity index is 479. The summed E-state index contributed by atoms with van der Waals surface area (Å²) >= 11 is 0. The van der Waals surface area contributed by atoms with Crippen LogP contribution < -0.4 is 10.2 Å². The zero-order valence-electron chi connectivity index (χ0n) is 12.6. The number of nitrogens with one attached hydrogen (secondary N) is 1. The molecule has 0 radical (unpaired) electrons. The van der Waals surface area contributed by atoms with Crippen molar-refractivity contribution >= 4 is 11.7 Å². The first-order chi connectivity index (χ1) is 10.1. The van der Waals surface area contributed by atoms with E-state index in [0.29, 0.717) is 32.1 Å². The second-order valence-corrected chi connectivity index (χ2v) is 5.17. The summed E-state index contributed by atoms with van der Waals surface area (Å²) in [5, 5.41) is 12.8. The molecule has 2 atom stereocenters. The average molecular weight is 293 g/mol. The molecule has 1 aliphatic heterocycles. The number of anilines is 1. The molecule has 0 aliphatic carbocycles. The summed E-state index contributed by atoms with van der Waals surface area (Å²) in [6.07, 6.45) is 1.94. The van der Waals surface area contributed by atoms with E-state index in [1.165, 1.54) is 0 Å². The number of carbonyl (C=O) groups excluding carboxylic acids is 1. The van der Waals surface area contributed by atoms with E-state index in [4.69, 9.17) is 4.74 Å². The highest BCUT2D eigenvalue weighted by atomic mass is 16.5. The number of ether oxygens (including phenoxy) is 1. The van der Waals surface area contributed by atoms with Crippen LogP contribution in [0.15, 0.2) is 18.3 Å². The van der Waals surface area contributed by atoms with Gasteiger partial charge < -0.3 is 20.1 Å². The monoisotopic (exact) mass is 293 g/mol. The van der Waals surface area contributed by atoms with E-state index in [2.05, 4.69) is 10.3 Å². The summed E-state index contributed by atoms with van der Waals surface area (Å²) in [4.78, 5) is 18.6. The van der Waals surface area contributed by atoms with E-state index in [1.54, 1.807) is 19.2 Å². The number of hydrogen-bond donors (Lipinski definition) is 2. The molecular weight excluding hydrogens is 270 g/mol. The first-order valence-electron chi connectivity index (χ1n) is 7.40. The van der Waals surface area contributed by atoms with E-state index in [1.807, 2.05) is 17.9 Å². The zero-order chi connectivity index (χ0) is 15.2. The van der Waals surface area contributed by atoms with E-state index in [-0.39, 0.29) is 5.91 Å². The molecule has 1 unspecified atom stereocenters. The van der Waals surface area contributed by atoms with Gasteiger partial charge in [-0.3, -0.25) is 4.79 Å². The molecule has 0 aromatic carbocycles. The van der Waals surface area contributed by atoms with Gasteiger partial charge in [-0.25, -0.2) is 4.98 Å². The minimum absolute atomic E-state index is 0.0567. The number of carbonyl (C=O) groups is 1. The summed E-state index contributed by atoms with van der Waals surface area (Å²) < 4.78 is 5.44. The molecule has 6 nitrogen and oxygen atoms in total. The van der Waals surface area contributed by atoms with Gasteiger partial charge >= 0.3 is 0 Å². The van der Waals surface area contributed by atoms with Crippen molar-refractivity contribution in [1.29, 1.82) is 0 Å². The van der Waals surface area contributed by atoms with Crippen LogP contribution in [0.25, 0.3) is 0 Å². The molecule has 0 saturated carbocycles. The number of rotatable bonds is 5. The van der Waals surface area contributed by atoms with Gasteiger partial charge in [0, 0.05) is 24.8 Å². The number of pyridine rings is 1. The number of nitrogens with zero attached hydrogens (tertiary/aromatic N) is 2. The van der Waals surface area contributed by atoms with Crippen molar-refractivity contribution in [3.05, 3.63) is 23.9 Å². The lowest BCUT2D eigenvalue weighted by Crippen LogP contribution is -2.54. The normalized spacial score (nSPS) is 20.1. The number of aromatic nitrogens is 1. The maximum absolute atomic E-state index is 12.3. The van der Waals surface area contributed by atoms with Gasteiger partial charge in [0.15, 0.2) is 0 Å². The van der Waals surface area contributed by atoms with Crippen LogP contribution in [0.3, 0.4) is 0 Å². The van der Waals surface area contributed by atoms with Gasteiger partial charge in [0.05, 0.1) is 19.3 Å². The number of aliphatic hydroxyl groups is 1. The van der Waals surface area contributed by atoms with E-state index in [0.717, 1.165) is 12.0 Å². The fraction of sp³-hybridized carbons (Fsp3) is 0.600. The van der Waals surface area contributed by atoms with Crippen LogP contribution in [0.5, 0.6) is 0 Å². The van der Waals surface area contributed by atoms with Gasteiger partial charge in [0.25, 0.3) is 0 Å². The topological polar surface area (TPSA) is 74.7 Å². The van der Waals surface area contributed by atoms with Crippen molar-refractivity contribution in [2.45, 2.75) is 32.4 Å². The lowest BCUT2D eigenvalue weighted by Gasteiger charge is -2.36. The van der Waals surface area contributed by atoms with Crippen LogP contribution in [0, 0.1) is 0 Å². The number of morpholine rings is 1. The van der Waals surface area contributed by atoms with Crippen LogP contribution in [0.4, 0.5) is 5.82 Å². The van der Waals surface area contributed by atoms with Crippen molar-refractivity contribution in [1.82, 2.24) is 10.3 Å². The standard InChI is InChI=1S/C15H23N3O3/c1-3-6-17-15(20)13-10-21-9-8-18(13)14-12(11(2)19)5-4-7-16-14/h4-5,7,11,13,19H,3,6,8-10H2,1-2H3,(H,17,20)/t11-,13?/m0/s1. The minimum atomic E-state index is -0.629. The molecule has 6 heteroatoms. The predicted octanol–water partition coefficient (Wildman–Crippen LogP) is 0.866. The maximum Gasteiger partial charge on any atom is 0.245 e. The highest BCUT2D eigenvalue weighted by molar-refractivity contribution is 5.85. The lowest BCUT2D eigenvalue weighted by atomic mass is 10.1. The number of aliphatic hydroxyl groups excluding tert-OH is 1. The van der Waals surface area contributed by atoms with E-state index >= 15 is 0 Å². The Hall–Kier alpha value is -1.66. The van der Waals surface area contributed by atoms with Crippen LogP contribution in [-0.2, 0) is 9.53 Å². The molecule has 116 valence electrons. The van der Waals surface area contributed by atoms with E-state index < -0.39 is 12.1 Å². The molecule has 1 aromatic heterocycles.